The second-order valence-corrected chi connectivity index (χ2v) is 5.41. The molecule has 0 saturated carbocycles. The average molecular weight is 248 g/mol. The molecule has 1 heterocycles. The first-order valence-corrected chi connectivity index (χ1v) is 6.26. The zero-order chi connectivity index (χ0) is 13.3. The molecule has 2 rings (SSSR count). The van der Waals surface area contributed by atoms with E-state index in [1.807, 2.05) is 18.2 Å². The van der Waals surface area contributed by atoms with Crippen molar-refractivity contribution in [2.45, 2.75) is 33.2 Å². The lowest BCUT2D eigenvalue weighted by Crippen LogP contribution is -2.29. The van der Waals surface area contributed by atoms with Crippen LogP contribution in [0, 0.1) is 5.41 Å². The molecule has 1 atom stereocenters. The van der Waals surface area contributed by atoms with E-state index in [0.29, 0.717) is 11.4 Å². The van der Waals surface area contributed by atoms with Gasteiger partial charge in [-0.3, -0.25) is 4.79 Å². The van der Waals surface area contributed by atoms with Crippen molar-refractivity contribution in [3.8, 4) is 5.75 Å². The summed E-state index contributed by atoms with van der Waals surface area (Å²) in [4.78, 5) is 11.3. The van der Waals surface area contributed by atoms with Gasteiger partial charge in [0.05, 0.1) is 5.69 Å². The van der Waals surface area contributed by atoms with Gasteiger partial charge in [0.2, 0.25) is 0 Å². The lowest BCUT2D eigenvalue weighted by molar-refractivity contribution is -0.118. The summed E-state index contributed by atoms with van der Waals surface area (Å²) in [5.74, 6) is 0.586. The molecule has 98 valence electrons. The molecule has 3 N–H and O–H groups in total. The van der Waals surface area contributed by atoms with E-state index in [4.69, 9.17) is 10.5 Å². The highest BCUT2D eigenvalue weighted by Gasteiger charge is 2.27. The molecule has 1 aromatic rings. The summed E-state index contributed by atoms with van der Waals surface area (Å²) < 4.78 is 5.33. The maximum atomic E-state index is 11.3. The molecule has 0 radical (unpaired) electrons. The average Bonchev–Trinajstić information content (AvgIpc) is 2.36. The van der Waals surface area contributed by atoms with Gasteiger partial charge in [0.15, 0.2) is 6.61 Å². The van der Waals surface area contributed by atoms with E-state index in [2.05, 4.69) is 26.1 Å². The van der Waals surface area contributed by atoms with Crippen LogP contribution in [0.5, 0.6) is 5.75 Å². The van der Waals surface area contributed by atoms with Gasteiger partial charge in [-0.05, 0) is 29.5 Å². The van der Waals surface area contributed by atoms with E-state index in [9.17, 15) is 4.79 Å². The second kappa shape index (κ2) is 4.61. The van der Waals surface area contributed by atoms with Gasteiger partial charge in [-0.15, -0.1) is 0 Å². The minimum absolute atomic E-state index is 0.0216. The van der Waals surface area contributed by atoms with E-state index < -0.39 is 0 Å². The first-order valence-electron chi connectivity index (χ1n) is 6.26. The van der Waals surface area contributed by atoms with Crippen molar-refractivity contribution in [1.29, 1.82) is 0 Å². The molecule has 0 fully saturated rings. The van der Waals surface area contributed by atoms with Gasteiger partial charge in [-0.25, -0.2) is 0 Å². The summed E-state index contributed by atoms with van der Waals surface area (Å²) in [5, 5.41) is 2.81. The number of nitrogens with two attached hydrogens (primary N) is 1. The van der Waals surface area contributed by atoms with Gasteiger partial charge in [0.25, 0.3) is 5.91 Å². The summed E-state index contributed by atoms with van der Waals surface area (Å²) in [5.41, 5.74) is 8.05. The number of nitrogens with one attached hydrogen (secondary N) is 1. The Morgan fingerprint density at radius 3 is 2.89 bits per heavy atom. The normalized spacial score (nSPS) is 16.6. The van der Waals surface area contributed by atoms with Crippen LogP contribution in [0.25, 0.3) is 0 Å². The molecule has 1 aliphatic heterocycles. The highest BCUT2D eigenvalue weighted by Crippen LogP contribution is 2.37. The first-order chi connectivity index (χ1) is 8.44. The van der Waals surface area contributed by atoms with Crippen molar-refractivity contribution in [2.75, 3.05) is 11.9 Å². The van der Waals surface area contributed by atoms with Crippen molar-refractivity contribution in [1.82, 2.24) is 0 Å². The number of hydrogen-bond acceptors (Lipinski definition) is 3. The monoisotopic (exact) mass is 248 g/mol. The van der Waals surface area contributed by atoms with Crippen LogP contribution in [0.2, 0.25) is 0 Å². The highest BCUT2D eigenvalue weighted by molar-refractivity contribution is 5.95. The van der Waals surface area contributed by atoms with E-state index in [-0.39, 0.29) is 24.0 Å². The third-order valence-electron chi connectivity index (χ3n) is 3.75. The van der Waals surface area contributed by atoms with Crippen LogP contribution in [0.1, 0.15) is 38.8 Å². The number of ether oxygens (including phenoxy) is 1. The van der Waals surface area contributed by atoms with Crippen LogP contribution in [0.15, 0.2) is 18.2 Å². The third kappa shape index (κ3) is 2.34. The van der Waals surface area contributed by atoms with Crippen molar-refractivity contribution < 1.29 is 9.53 Å². The summed E-state index contributed by atoms with van der Waals surface area (Å²) in [6.07, 6.45) is 0.994. The largest absolute Gasteiger partial charge is 0.482 e. The van der Waals surface area contributed by atoms with Crippen molar-refractivity contribution in [3.05, 3.63) is 23.8 Å². The Morgan fingerprint density at radius 2 is 2.22 bits per heavy atom. The Labute approximate surface area is 108 Å². The number of rotatable bonds is 3. The molecule has 1 aliphatic rings. The molecule has 0 aliphatic carbocycles. The maximum Gasteiger partial charge on any atom is 0.262 e. The van der Waals surface area contributed by atoms with Crippen LogP contribution in [-0.4, -0.2) is 12.5 Å². The Hall–Kier alpha value is -1.55. The molecule has 0 saturated heterocycles. The number of fused-ring (bicyclic) bond motifs is 1. The molecular weight excluding hydrogens is 228 g/mol. The van der Waals surface area contributed by atoms with Gasteiger partial charge in [-0.2, -0.15) is 0 Å². The van der Waals surface area contributed by atoms with Gasteiger partial charge < -0.3 is 15.8 Å². The molecule has 4 nitrogen and oxygen atoms in total. The highest BCUT2D eigenvalue weighted by atomic mass is 16.5. The molecule has 0 bridgehead atoms. The Bertz CT molecular complexity index is 469. The summed E-state index contributed by atoms with van der Waals surface area (Å²) >= 11 is 0. The molecule has 0 aromatic heterocycles. The topological polar surface area (TPSA) is 64.3 Å². The third-order valence-corrected chi connectivity index (χ3v) is 3.75. The molecule has 18 heavy (non-hydrogen) atoms. The quantitative estimate of drug-likeness (QED) is 0.863. The van der Waals surface area contributed by atoms with Gasteiger partial charge >= 0.3 is 0 Å². The summed E-state index contributed by atoms with van der Waals surface area (Å²) in [7, 11) is 0. The van der Waals surface area contributed by atoms with Crippen molar-refractivity contribution >= 4 is 11.6 Å². The van der Waals surface area contributed by atoms with Crippen LogP contribution in [0.4, 0.5) is 5.69 Å². The fourth-order valence-corrected chi connectivity index (χ4v) is 1.97. The van der Waals surface area contributed by atoms with Gasteiger partial charge in [0.1, 0.15) is 5.75 Å². The number of benzene rings is 1. The lowest BCUT2D eigenvalue weighted by Gasteiger charge is -2.31. The van der Waals surface area contributed by atoms with Crippen molar-refractivity contribution in [3.63, 3.8) is 0 Å². The predicted molar refractivity (Wildman–Crippen MR) is 71.6 cm³/mol. The Balaban J connectivity index is 2.31. The Kier molecular flexibility index (Phi) is 3.30. The zero-order valence-corrected chi connectivity index (χ0v) is 11.1. The molecule has 1 unspecified atom stereocenters. The lowest BCUT2D eigenvalue weighted by atomic mass is 9.79. The first kappa shape index (κ1) is 12.9. The summed E-state index contributed by atoms with van der Waals surface area (Å²) in [6, 6.07) is 5.69. The van der Waals surface area contributed by atoms with Crippen molar-refractivity contribution in [2.24, 2.45) is 11.1 Å². The van der Waals surface area contributed by atoms with E-state index in [1.165, 1.54) is 0 Å². The zero-order valence-electron chi connectivity index (χ0n) is 11.1. The molecule has 1 amide bonds. The van der Waals surface area contributed by atoms with E-state index >= 15 is 0 Å². The van der Waals surface area contributed by atoms with Gasteiger partial charge in [-0.1, -0.05) is 26.8 Å². The molecular formula is C14H20N2O2. The number of amides is 1. The number of hydrogen-bond donors (Lipinski definition) is 2. The van der Waals surface area contributed by atoms with E-state index in [0.717, 1.165) is 12.0 Å². The fraction of sp³-hybridized carbons (Fsp3) is 0.500. The van der Waals surface area contributed by atoms with Gasteiger partial charge in [0, 0.05) is 6.04 Å². The number of anilines is 1. The maximum absolute atomic E-state index is 11.3. The minimum Gasteiger partial charge on any atom is -0.482 e. The minimum atomic E-state index is -0.122. The molecule has 1 aromatic carbocycles. The standard InChI is InChI=1S/C14H20N2O2/c1-4-14(2,3)13(15)9-5-6-11-10(7-9)16-12(17)8-18-11/h5-7,13H,4,8,15H2,1-3H3,(H,16,17). The smallest absolute Gasteiger partial charge is 0.262 e. The predicted octanol–water partition coefficient (Wildman–Crippen LogP) is 2.45. The Morgan fingerprint density at radius 1 is 1.50 bits per heavy atom. The van der Waals surface area contributed by atoms with Crippen LogP contribution in [-0.2, 0) is 4.79 Å². The SMILES string of the molecule is CCC(C)(C)C(N)c1ccc2c(c1)NC(=O)CO2. The summed E-state index contributed by atoms with van der Waals surface area (Å²) in [6.45, 7) is 6.50. The van der Waals surface area contributed by atoms with E-state index in [1.54, 1.807) is 0 Å². The number of carbonyl (C=O) groups is 1. The molecule has 0 spiro atoms. The van der Waals surface area contributed by atoms with Crippen LogP contribution < -0.4 is 15.8 Å². The number of carbonyl (C=O) groups excluding carboxylic acids is 1. The fourth-order valence-electron chi connectivity index (χ4n) is 1.97. The van der Waals surface area contributed by atoms with Crippen LogP contribution in [0.3, 0.4) is 0 Å². The van der Waals surface area contributed by atoms with Crippen LogP contribution >= 0.6 is 0 Å². The molecule has 4 heteroatoms. The second-order valence-electron chi connectivity index (χ2n) is 5.41.